The molecule has 166 valence electrons. The number of primary amides is 1. The van der Waals surface area contributed by atoms with Crippen LogP contribution in [0.4, 0.5) is 4.79 Å². The quantitative estimate of drug-likeness (QED) is 0.674. The van der Waals surface area contributed by atoms with Gasteiger partial charge in [-0.2, -0.15) is 0 Å². The number of furan rings is 1. The van der Waals surface area contributed by atoms with Crippen LogP contribution in [0.25, 0.3) is 0 Å². The highest BCUT2D eigenvalue weighted by Crippen LogP contribution is 2.39. The number of ether oxygens (including phenoxy) is 1. The van der Waals surface area contributed by atoms with Crippen LogP contribution in [-0.4, -0.2) is 53.8 Å². The largest absolute Gasteiger partial charge is 0.497 e. The summed E-state index contributed by atoms with van der Waals surface area (Å²) < 4.78 is 11.3. The van der Waals surface area contributed by atoms with Gasteiger partial charge in [-0.25, -0.2) is 4.79 Å². The average molecular weight is 438 g/mol. The van der Waals surface area contributed by atoms with Crippen molar-refractivity contribution < 1.29 is 28.3 Å². The minimum Gasteiger partial charge on any atom is -0.497 e. The Labute approximate surface area is 183 Å². The van der Waals surface area contributed by atoms with E-state index in [1.165, 1.54) is 12.0 Å². The van der Waals surface area contributed by atoms with Crippen LogP contribution >= 0.6 is 0 Å². The maximum Gasteiger partial charge on any atom is 0.315 e. The third kappa shape index (κ3) is 3.02. The third-order valence-electron chi connectivity index (χ3n) is 6.46. The predicted molar refractivity (Wildman–Crippen MR) is 110 cm³/mol. The number of amides is 5. The summed E-state index contributed by atoms with van der Waals surface area (Å²) in [6.45, 7) is 0.993. The van der Waals surface area contributed by atoms with Gasteiger partial charge in [0, 0.05) is 37.2 Å². The van der Waals surface area contributed by atoms with Gasteiger partial charge in [-0.3, -0.25) is 19.7 Å². The summed E-state index contributed by atoms with van der Waals surface area (Å²) in [5.41, 5.74) is 6.15. The fourth-order valence-electron chi connectivity index (χ4n) is 4.73. The lowest BCUT2D eigenvalue weighted by Gasteiger charge is -2.28. The molecule has 1 saturated heterocycles. The van der Waals surface area contributed by atoms with E-state index in [0.29, 0.717) is 42.3 Å². The maximum absolute atomic E-state index is 13.1. The van der Waals surface area contributed by atoms with Crippen LogP contribution in [0.15, 0.2) is 28.7 Å². The lowest BCUT2D eigenvalue weighted by Crippen LogP contribution is -2.46. The van der Waals surface area contributed by atoms with E-state index in [0.717, 1.165) is 11.1 Å². The Bertz CT molecular complexity index is 1170. The molecule has 32 heavy (non-hydrogen) atoms. The molecule has 1 fully saturated rings. The number of imide groups is 1. The molecule has 0 spiro atoms. The first-order chi connectivity index (χ1) is 15.3. The number of urea groups is 1. The third-order valence-corrected chi connectivity index (χ3v) is 6.46. The summed E-state index contributed by atoms with van der Waals surface area (Å²) in [5, 5.41) is 2.36. The number of carbonyl (C=O) groups excluding carboxylic acids is 4. The number of nitrogens with two attached hydrogens (primary N) is 1. The van der Waals surface area contributed by atoms with Crippen molar-refractivity contribution in [3.05, 3.63) is 52.5 Å². The highest BCUT2D eigenvalue weighted by atomic mass is 16.5. The van der Waals surface area contributed by atoms with E-state index in [1.807, 2.05) is 6.07 Å². The van der Waals surface area contributed by atoms with Crippen molar-refractivity contribution in [1.82, 2.24) is 15.1 Å². The predicted octanol–water partition coefficient (Wildman–Crippen LogP) is 0.665. The van der Waals surface area contributed by atoms with Crippen LogP contribution in [0.3, 0.4) is 0 Å². The highest BCUT2D eigenvalue weighted by molar-refractivity contribution is 6.09. The van der Waals surface area contributed by atoms with Crippen LogP contribution in [0.5, 0.6) is 5.75 Å². The molecular formula is C22H22N4O6. The van der Waals surface area contributed by atoms with Crippen molar-refractivity contribution in [1.29, 1.82) is 0 Å². The summed E-state index contributed by atoms with van der Waals surface area (Å²) in [6.07, 6.45) is 0.332. The number of benzene rings is 1. The molecule has 3 aliphatic rings. The van der Waals surface area contributed by atoms with Gasteiger partial charge < -0.3 is 24.7 Å². The van der Waals surface area contributed by atoms with Crippen LogP contribution in [-0.2, 0) is 34.5 Å². The summed E-state index contributed by atoms with van der Waals surface area (Å²) in [4.78, 5) is 52.9. The van der Waals surface area contributed by atoms with Gasteiger partial charge in [-0.1, -0.05) is 6.07 Å². The number of hydrogen-bond donors (Lipinski definition) is 2. The molecule has 2 aromatic rings. The zero-order chi connectivity index (χ0) is 22.6. The van der Waals surface area contributed by atoms with Gasteiger partial charge >= 0.3 is 6.03 Å². The molecule has 0 aliphatic carbocycles. The molecule has 3 aliphatic heterocycles. The minimum absolute atomic E-state index is 0.00761. The molecule has 0 saturated carbocycles. The zero-order valence-electron chi connectivity index (χ0n) is 17.5. The highest BCUT2D eigenvalue weighted by Gasteiger charge is 2.53. The summed E-state index contributed by atoms with van der Waals surface area (Å²) in [7, 11) is 1.53. The number of nitrogens with zero attached hydrogens (tertiary/aromatic N) is 2. The van der Waals surface area contributed by atoms with Crippen molar-refractivity contribution in [2.45, 2.75) is 31.3 Å². The second-order valence-electron chi connectivity index (χ2n) is 8.39. The SMILES string of the molecule is COc1ccc2c(c1)C(=O)N(C[C@@]1(c3cc4c(o3)CCN(C(N)=O)C4)CC(=O)NC1=O)C2. The van der Waals surface area contributed by atoms with Crippen molar-refractivity contribution in [2.75, 3.05) is 20.2 Å². The number of nitrogens with one attached hydrogen (secondary N) is 1. The fraction of sp³-hybridized carbons (Fsp3) is 0.364. The number of carbonyl (C=O) groups is 4. The lowest BCUT2D eigenvalue weighted by atomic mass is 9.82. The van der Waals surface area contributed by atoms with Crippen molar-refractivity contribution in [3.63, 3.8) is 0 Å². The van der Waals surface area contributed by atoms with Gasteiger partial charge in [0.1, 0.15) is 22.7 Å². The van der Waals surface area contributed by atoms with Crippen LogP contribution in [0.1, 0.15) is 39.4 Å². The summed E-state index contributed by atoms with van der Waals surface area (Å²) in [5.74, 6) is 0.390. The molecule has 0 unspecified atom stereocenters. The Morgan fingerprint density at radius 3 is 2.72 bits per heavy atom. The smallest absolute Gasteiger partial charge is 0.315 e. The van der Waals surface area contributed by atoms with Gasteiger partial charge in [0.2, 0.25) is 11.8 Å². The maximum atomic E-state index is 13.1. The van der Waals surface area contributed by atoms with Crippen molar-refractivity contribution >= 4 is 23.8 Å². The van der Waals surface area contributed by atoms with E-state index in [4.69, 9.17) is 14.9 Å². The Morgan fingerprint density at radius 2 is 2.03 bits per heavy atom. The van der Waals surface area contributed by atoms with E-state index in [1.54, 1.807) is 23.1 Å². The van der Waals surface area contributed by atoms with Crippen molar-refractivity contribution in [3.8, 4) is 5.75 Å². The normalized spacial score (nSPS) is 22.1. The van der Waals surface area contributed by atoms with Gasteiger partial charge in [0.15, 0.2) is 0 Å². The topological polar surface area (TPSA) is 135 Å². The Balaban J connectivity index is 1.49. The van der Waals surface area contributed by atoms with Crippen LogP contribution in [0, 0.1) is 0 Å². The first-order valence-electron chi connectivity index (χ1n) is 10.3. The second kappa shape index (κ2) is 7.11. The number of methoxy groups -OCH3 is 1. The van der Waals surface area contributed by atoms with Gasteiger partial charge in [-0.15, -0.1) is 0 Å². The molecule has 5 amide bonds. The summed E-state index contributed by atoms with van der Waals surface area (Å²) >= 11 is 0. The van der Waals surface area contributed by atoms with Gasteiger partial charge in [0.25, 0.3) is 5.91 Å². The molecule has 4 heterocycles. The Kier molecular flexibility index (Phi) is 4.47. The molecule has 1 aromatic carbocycles. The number of fused-ring (bicyclic) bond motifs is 2. The Morgan fingerprint density at radius 1 is 1.22 bits per heavy atom. The summed E-state index contributed by atoms with van der Waals surface area (Å²) in [6, 6.07) is 6.45. The van der Waals surface area contributed by atoms with Crippen molar-refractivity contribution in [2.24, 2.45) is 5.73 Å². The van der Waals surface area contributed by atoms with E-state index in [-0.39, 0.29) is 25.4 Å². The van der Waals surface area contributed by atoms with Gasteiger partial charge in [0.05, 0.1) is 20.1 Å². The molecule has 1 aromatic heterocycles. The Hall–Kier alpha value is -3.82. The molecule has 5 rings (SSSR count). The molecular weight excluding hydrogens is 416 g/mol. The molecule has 3 N–H and O–H groups in total. The molecule has 1 atom stereocenters. The molecule has 10 heteroatoms. The van der Waals surface area contributed by atoms with Crippen LogP contribution in [0.2, 0.25) is 0 Å². The fourth-order valence-corrected chi connectivity index (χ4v) is 4.73. The lowest BCUT2D eigenvalue weighted by molar-refractivity contribution is -0.127. The standard InChI is InChI=1S/C22H22N4O6/c1-31-14-3-2-12-9-26(19(28)15(12)7-14)11-22(8-18(27)24-20(22)29)17-6-13-10-25(21(23)30)5-4-16(13)32-17/h2-3,6-7H,4-5,8-11H2,1H3,(H2,23,30)(H,24,27,29)/t22-/m1/s1. The van der Waals surface area contributed by atoms with E-state index >= 15 is 0 Å². The zero-order valence-corrected chi connectivity index (χ0v) is 17.5. The van der Waals surface area contributed by atoms with Crippen LogP contribution < -0.4 is 15.8 Å². The van der Waals surface area contributed by atoms with Gasteiger partial charge in [-0.05, 0) is 23.8 Å². The first kappa shape index (κ1) is 20.1. The molecule has 10 nitrogen and oxygen atoms in total. The monoisotopic (exact) mass is 438 g/mol. The number of rotatable bonds is 4. The second-order valence-corrected chi connectivity index (χ2v) is 8.39. The molecule has 0 radical (unpaired) electrons. The average Bonchev–Trinajstić information content (AvgIpc) is 3.41. The van der Waals surface area contributed by atoms with E-state index in [2.05, 4.69) is 5.32 Å². The number of hydrogen-bond acceptors (Lipinski definition) is 6. The first-order valence-corrected chi connectivity index (χ1v) is 10.3. The molecule has 0 bridgehead atoms. The van der Waals surface area contributed by atoms with E-state index in [9.17, 15) is 19.2 Å². The minimum atomic E-state index is -1.34. The van der Waals surface area contributed by atoms with E-state index < -0.39 is 23.3 Å².